The summed E-state index contributed by atoms with van der Waals surface area (Å²) in [4.78, 5) is 37.6. The van der Waals surface area contributed by atoms with E-state index >= 15 is 0 Å². The first kappa shape index (κ1) is 17.7. The second-order valence-electron chi connectivity index (χ2n) is 6.44. The van der Waals surface area contributed by atoms with Crippen LogP contribution in [0.25, 0.3) is 0 Å². The van der Waals surface area contributed by atoms with Crippen molar-refractivity contribution in [2.24, 2.45) is 5.92 Å². The smallest absolute Gasteiger partial charge is 0.229 e. The number of nitrogens with zero attached hydrogens (tertiary/aromatic N) is 1. The van der Waals surface area contributed by atoms with Gasteiger partial charge in [-0.05, 0) is 42.8 Å². The predicted octanol–water partition coefficient (Wildman–Crippen LogP) is 2.95. The third-order valence-corrected chi connectivity index (χ3v) is 4.37. The number of benzene rings is 2. The van der Waals surface area contributed by atoms with Crippen molar-refractivity contribution in [2.75, 3.05) is 22.1 Å². The maximum Gasteiger partial charge on any atom is 0.229 e. The minimum atomic E-state index is -0.391. The van der Waals surface area contributed by atoms with Crippen LogP contribution in [-0.4, -0.2) is 24.3 Å². The van der Waals surface area contributed by atoms with Gasteiger partial charge in [-0.15, -0.1) is 0 Å². The predicted molar refractivity (Wildman–Crippen MR) is 101 cm³/mol. The Kier molecular flexibility index (Phi) is 5.02. The standard InChI is InChI=1S/C20H21N3O3/c1-13-10-16(8-9-18(13)21-14(2)24)22-20(26)15-11-19(25)23(12-15)17-6-4-3-5-7-17/h3-10,15H,11-12H2,1-2H3,(H,21,24)(H,22,26). The molecule has 0 saturated carbocycles. The van der Waals surface area contributed by atoms with Gasteiger partial charge in [0.2, 0.25) is 17.7 Å². The summed E-state index contributed by atoms with van der Waals surface area (Å²) >= 11 is 0. The lowest BCUT2D eigenvalue weighted by molar-refractivity contribution is -0.122. The van der Waals surface area contributed by atoms with Crippen LogP contribution in [0.5, 0.6) is 0 Å². The monoisotopic (exact) mass is 351 g/mol. The molecule has 0 aliphatic carbocycles. The first-order valence-corrected chi connectivity index (χ1v) is 8.48. The van der Waals surface area contributed by atoms with E-state index in [0.29, 0.717) is 17.9 Å². The van der Waals surface area contributed by atoms with Crippen molar-refractivity contribution >= 4 is 34.8 Å². The number of hydrogen-bond donors (Lipinski definition) is 2. The molecule has 1 atom stereocenters. The molecule has 1 aliphatic heterocycles. The first-order chi connectivity index (χ1) is 12.4. The molecule has 134 valence electrons. The molecule has 2 N–H and O–H groups in total. The summed E-state index contributed by atoms with van der Waals surface area (Å²) in [5.41, 5.74) is 3.02. The number of hydrogen-bond acceptors (Lipinski definition) is 3. The van der Waals surface area contributed by atoms with Crippen molar-refractivity contribution in [2.45, 2.75) is 20.3 Å². The SMILES string of the molecule is CC(=O)Nc1ccc(NC(=O)C2CC(=O)N(c3ccccc3)C2)cc1C. The minimum absolute atomic E-state index is 0.0477. The second kappa shape index (κ2) is 7.39. The number of nitrogens with one attached hydrogen (secondary N) is 2. The molecule has 0 bridgehead atoms. The lowest BCUT2D eigenvalue weighted by Gasteiger charge is -2.16. The van der Waals surface area contributed by atoms with Crippen molar-refractivity contribution in [1.29, 1.82) is 0 Å². The van der Waals surface area contributed by atoms with Crippen molar-refractivity contribution in [3.63, 3.8) is 0 Å². The number of rotatable bonds is 4. The van der Waals surface area contributed by atoms with Gasteiger partial charge in [-0.1, -0.05) is 18.2 Å². The summed E-state index contributed by atoms with van der Waals surface area (Å²) in [6, 6.07) is 14.6. The highest BCUT2D eigenvalue weighted by Crippen LogP contribution is 2.26. The highest BCUT2D eigenvalue weighted by Gasteiger charge is 2.35. The normalized spacial score (nSPS) is 16.5. The number of para-hydroxylation sites is 1. The van der Waals surface area contributed by atoms with Crippen molar-refractivity contribution in [1.82, 2.24) is 0 Å². The highest BCUT2D eigenvalue weighted by molar-refractivity contribution is 6.03. The summed E-state index contributed by atoms with van der Waals surface area (Å²) in [5.74, 6) is -0.759. The number of carbonyl (C=O) groups excluding carboxylic acids is 3. The maximum absolute atomic E-state index is 12.6. The van der Waals surface area contributed by atoms with E-state index in [-0.39, 0.29) is 24.1 Å². The van der Waals surface area contributed by atoms with Gasteiger partial charge in [-0.2, -0.15) is 0 Å². The van der Waals surface area contributed by atoms with E-state index in [2.05, 4.69) is 10.6 Å². The van der Waals surface area contributed by atoms with Gasteiger partial charge in [0.05, 0.1) is 5.92 Å². The molecule has 6 heteroatoms. The number of aryl methyl sites for hydroxylation is 1. The molecule has 0 radical (unpaired) electrons. The Morgan fingerprint density at radius 1 is 1.08 bits per heavy atom. The molecule has 1 aliphatic rings. The van der Waals surface area contributed by atoms with Gasteiger partial charge in [0.1, 0.15) is 0 Å². The Morgan fingerprint density at radius 3 is 2.46 bits per heavy atom. The molecule has 1 fully saturated rings. The van der Waals surface area contributed by atoms with Crippen molar-refractivity contribution in [3.8, 4) is 0 Å². The van der Waals surface area contributed by atoms with Gasteiger partial charge in [0.25, 0.3) is 0 Å². The largest absolute Gasteiger partial charge is 0.326 e. The van der Waals surface area contributed by atoms with Gasteiger partial charge < -0.3 is 15.5 Å². The van der Waals surface area contributed by atoms with Crippen LogP contribution in [0.2, 0.25) is 0 Å². The third-order valence-electron chi connectivity index (χ3n) is 4.37. The summed E-state index contributed by atoms with van der Waals surface area (Å²) in [6.07, 6.45) is 0.198. The Morgan fingerprint density at radius 2 is 1.81 bits per heavy atom. The fourth-order valence-electron chi connectivity index (χ4n) is 3.06. The minimum Gasteiger partial charge on any atom is -0.326 e. The van der Waals surface area contributed by atoms with Crippen LogP contribution >= 0.6 is 0 Å². The number of carbonyl (C=O) groups is 3. The van der Waals surface area contributed by atoms with Gasteiger partial charge in [-0.3, -0.25) is 14.4 Å². The molecular weight excluding hydrogens is 330 g/mol. The fraction of sp³-hybridized carbons (Fsp3) is 0.250. The van der Waals surface area contributed by atoms with Gasteiger partial charge in [0.15, 0.2) is 0 Å². The van der Waals surface area contributed by atoms with E-state index < -0.39 is 5.92 Å². The van der Waals surface area contributed by atoms with E-state index in [4.69, 9.17) is 0 Å². The molecule has 1 heterocycles. The van der Waals surface area contributed by atoms with Crippen LogP contribution in [0.4, 0.5) is 17.1 Å². The average Bonchev–Trinajstić information content (AvgIpc) is 3.00. The molecule has 26 heavy (non-hydrogen) atoms. The highest BCUT2D eigenvalue weighted by atomic mass is 16.2. The second-order valence-corrected chi connectivity index (χ2v) is 6.44. The molecule has 3 amide bonds. The summed E-state index contributed by atoms with van der Waals surface area (Å²) in [6.45, 7) is 3.68. The topological polar surface area (TPSA) is 78.5 Å². The fourth-order valence-corrected chi connectivity index (χ4v) is 3.06. The Balaban J connectivity index is 1.66. The van der Waals surface area contributed by atoms with Crippen LogP contribution in [0.15, 0.2) is 48.5 Å². The molecule has 2 aromatic rings. The van der Waals surface area contributed by atoms with Crippen molar-refractivity contribution < 1.29 is 14.4 Å². The first-order valence-electron chi connectivity index (χ1n) is 8.48. The van der Waals surface area contributed by atoms with E-state index in [1.807, 2.05) is 37.3 Å². The zero-order valence-electron chi connectivity index (χ0n) is 14.8. The molecule has 6 nitrogen and oxygen atoms in total. The van der Waals surface area contributed by atoms with Gasteiger partial charge in [0, 0.05) is 37.0 Å². The van der Waals surface area contributed by atoms with Gasteiger partial charge in [-0.25, -0.2) is 0 Å². The molecule has 1 saturated heterocycles. The Hall–Kier alpha value is -3.15. The average molecular weight is 351 g/mol. The van der Waals surface area contributed by atoms with Crippen LogP contribution in [0.1, 0.15) is 18.9 Å². The van der Waals surface area contributed by atoms with E-state index in [1.165, 1.54) is 6.92 Å². The molecule has 2 aromatic carbocycles. The Bertz CT molecular complexity index is 849. The van der Waals surface area contributed by atoms with E-state index in [9.17, 15) is 14.4 Å². The summed E-state index contributed by atoms with van der Waals surface area (Å²) in [7, 11) is 0. The number of amides is 3. The van der Waals surface area contributed by atoms with E-state index in [0.717, 1.165) is 11.3 Å². The van der Waals surface area contributed by atoms with Crippen LogP contribution in [0, 0.1) is 12.8 Å². The lowest BCUT2D eigenvalue weighted by Crippen LogP contribution is -2.28. The maximum atomic E-state index is 12.6. The molecule has 1 unspecified atom stereocenters. The quantitative estimate of drug-likeness (QED) is 0.889. The molecule has 0 aromatic heterocycles. The zero-order chi connectivity index (χ0) is 18.7. The van der Waals surface area contributed by atoms with Crippen LogP contribution < -0.4 is 15.5 Å². The molecule has 0 spiro atoms. The summed E-state index contributed by atoms with van der Waals surface area (Å²) < 4.78 is 0. The summed E-state index contributed by atoms with van der Waals surface area (Å²) in [5, 5.41) is 5.60. The van der Waals surface area contributed by atoms with Crippen LogP contribution in [0.3, 0.4) is 0 Å². The van der Waals surface area contributed by atoms with Crippen molar-refractivity contribution in [3.05, 3.63) is 54.1 Å². The zero-order valence-corrected chi connectivity index (χ0v) is 14.8. The molecular formula is C20H21N3O3. The molecule has 3 rings (SSSR count). The Labute approximate surface area is 152 Å². The van der Waals surface area contributed by atoms with Gasteiger partial charge >= 0.3 is 0 Å². The number of anilines is 3. The lowest BCUT2D eigenvalue weighted by atomic mass is 10.1. The third kappa shape index (κ3) is 3.91. The van der Waals surface area contributed by atoms with E-state index in [1.54, 1.807) is 23.1 Å². The van der Waals surface area contributed by atoms with Crippen LogP contribution in [-0.2, 0) is 14.4 Å².